The lowest BCUT2D eigenvalue weighted by molar-refractivity contribution is -0.157. The van der Waals surface area contributed by atoms with Crippen LogP contribution in [-0.2, 0) is 25.2 Å². The van der Waals surface area contributed by atoms with E-state index in [2.05, 4.69) is 15.5 Å². The molecule has 2 amide bonds. The van der Waals surface area contributed by atoms with Crippen molar-refractivity contribution in [3.63, 3.8) is 0 Å². The lowest BCUT2D eigenvalue weighted by Crippen LogP contribution is -2.74. The molecule has 1 aromatic carbocycles. The minimum Gasteiger partial charge on any atom is -0.508 e. The van der Waals surface area contributed by atoms with E-state index in [9.17, 15) is 28.8 Å². The second-order valence-electron chi connectivity index (χ2n) is 8.48. The van der Waals surface area contributed by atoms with Crippen LogP contribution in [0, 0.1) is 12.3 Å². The molecule has 0 radical (unpaired) electrons. The number of rotatable bonds is 9. The number of β-lactam (4-membered cyclic amide) rings is 1. The number of hydrogen-bond donors (Lipinski definition) is 3. The molecule has 35 heavy (non-hydrogen) atoms. The SMILES string of the molecule is Cc1nnc(SCC2(C(=O)O)CS[C@@H]3C(NC(=O)CC(C)S(=O)c4ccc(O)cc4)C(=O)N3C2)s1. The summed E-state index contributed by atoms with van der Waals surface area (Å²) in [5.74, 6) is -1.04. The van der Waals surface area contributed by atoms with Crippen LogP contribution in [0.4, 0.5) is 0 Å². The molecular formula is C21H24N4O6S4. The highest BCUT2D eigenvalue weighted by Crippen LogP contribution is 2.44. The van der Waals surface area contributed by atoms with Crippen molar-refractivity contribution in [3.8, 4) is 5.75 Å². The molecule has 2 aromatic rings. The fourth-order valence-corrected chi connectivity index (χ4v) is 8.67. The highest BCUT2D eigenvalue weighted by molar-refractivity contribution is 8.01. The third-order valence-corrected chi connectivity index (χ3v) is 11.3. The molecule has 14 heteroatoms. The largest absolute Gasteiger partial charge is 0.508 e. The second kappa shape index (κ2) is 10.4. The normalized spacial score (nSPS) is 25.3. The van der Waals surface area contributed by atoms with Crippen molar-refractivity contribution in [2.45, 2.75) is 46.2 Å². The highest BCUT2D eigenvalue weighted by Gasteiger charge is 2.57. The zero-order valence-electron chi connectivity index (χ0n) is 18.9. The van der Waals surface area contributed by atoms with E-state index in [0.29, 0.717) is 15.0 Å². The first-order valence-electron chi connectivity index (χ1n) is 10.7. The maximum atomic E-state index is 12.8. The summed E-state index contributed by atoms with van der Waals surface area (Å²) in [5, 5.41) is 30.0. The summed E-state index contributed by atoms with van der Waals surface area (Å²) in [6.45, 7) is 3.58. The molecule has 3 heterocycles. The van der Waals surface area contributed by atoms with Gasteiger partial charge in [-0.1, -0.05) is 23.1 Å². The van der Waals surface area contributed by atoms with Gasteiger partial charge in [0.05, 0.1) is 10.8 Å². The molecule has 0 spiro atoms. The Balaban J connectivity index is 1.32. The predicted octanol–water partition coefficient (Wildman–Crippen LogP) is 1.70. The van der Waals surface area contributed by atoms with E-state index >= 15 is 0 Å². The van der Waals surface area contributed by atoms with Crippen molar-refractivity contribution in [2.75, 3.05) is 18.1 Å². The van der Waals surface area contributed by atoms with Gasteiger partial charge in [0.2, 0.25) is 11.8 Å². The van der Waals surface area contributed by atoms with E-state index in [4.69, 9.17) is 0 Å². The summed E-state index contributed by atoms with van der Waals surface area (Å²) in [7, 11) is -1.45. The summed E-state index contributed by atoms with van der Waals surface area (Å²) in [6, 6.07) is 5.24. The molecule has 3 N–H and O–H groups in total. The van der Waals surface area contributed by atoms with Crippen LogP contribution in [0.3, 0.4) is 0 Å². The van der Waals surface area contributed by atoms with E-state index in [1.54, 1.807) is 19.1 Å². The fourth-order valence-electron chi connectivity index (χ4n) is 3.82. The number of amides is 2. The van der Waals surface area contributed by atoms with Gasteiger partial charge in [-0.25, -0.2) is 0 Å². The van der Waals surface area contributed by atoms with Crippen LogP contribution in [-0.4, -0.2) is 82.0 Å². The number of phenolic OH excluding ortho intramolecular Hbond substituents is 1. The van der Waals surface area contributed by atoms with Gasteiger partial charge in [-0.05, 0) is 38.1 Å². The van der Waals surface area contributed by atoms with Crippen molar-refractivity contribution in [3.05, 3.63) is 29.3 Å². The molecular weight excluding hydrogens is 533 g/mol. The van der Waals surface area contributed by atoms with Crippen molar-refractivity contribution >= 4 is 63.4 Å². The summed E-state index contributed by atoms with van der Waals surface area (Å²) in [4.78, 5) is 39.5. The van der Waals surface area contributed by atoms with Gasteiger partial charge >= 0.3 is 5.97 Å². The first-order chi connectivity index (χ1) is 16.6. The summed E-state index contributed by atoms with van der Waals surface area (Å²) >= 11 is 4.07. The zero-order chi connectivity index (χ0) is 25.3. The lowest BCUT2D eigenvalue weighted by atomic mass is 9.89. The fraction of sp³-hybridized carbons (Fsp3) is 0.476. The molecule has 2 aliphatic heterocycles. The van der Waals surface area contributed by atoms with Gasteiger partial charge in [-0.2, -0.15) is 0 Å². The number of nitrogens with zero attached hydrogens (tertiary/aromatic N) is 3. The molecule has 4 rings (SSSR count). The Morgan fingerprint density at radius 2 is 2.06 bits per heavy atom. The van der Waals surface area contributed by atoms with Crippen molar-refractivity contribution in [1.29, 1.82) is 0 Å². The molecule has 2 aliphatic rings. The number of nitrogens with one attached hydrogen (secondary N) is 1. The van der Waals surface area contributed by atoms with Crippen LogP contribution in [0.25, 0.3) is 0 Å². The Morgan fingerprint density at radius 1 is 1.34 bits per heavy atom. The standard InChI is InChI=1S/C21H24N4O6S4/c1-11(35(31)14-5-3-13(26)4-6-14)7-15(27)22-16-17(28)25-8-21(19(29)30,9-32-18(16)25)10-33-20-24-23-12(2)34-20/h3-6,11,16,18,26H,7-10H2,1-2H3,(H,22,27)(H,29,30)/t11?,16?,18-,21?,35?/m1/s1. The first kappa shape index (κ1) is 25.9. The lowest BCUT2D eigenvalue weighted by Gasteiger charge is -2.53. The van der Waals surface area contributed by atoms with Crippen LogP contribution in [0.2, 0.25) is 0 Å². The van der Waals surface area contributed by atoms with Gasteiger partial charge in [-0.3, -0.25) is 18.6 Å². The Hall–Kier alpha value is -2.16. The molecule has 2 fully saturated rings. The first-order valence-corrected chi connectivity index (χ1v) is 14.7. The minimum absolute atomic E-state index is 0.0361. The van der Waals surface area contributed by atoms with Gasteiger partial charge < -0.3 is 20.4 Å². The third kappa shape index (κ3) is 5.49. The van der Waals surface area contributed by atoms with Crippen LogP contribution < -0.4 is 5.32 Å². The van der Waals surface area contributed by atoms with Crippen LogP contribution in [0.1, 0.15) is 18.4 Å². The average molecular weight is 557 g/mol. The Bertz CT molecular complexity index is 1160. The third-order valence-electron chi connectivity index (χ3n) is 5.80. The number of benzene rings is 1. The quantitative estimate of drug-likeness (QED) is 0.308. The second-order valence-corrected chi connectivity index (χ2v) is 13.9. The molecule has 5 atom stereocenters. The topological polar surface area (TPSA) is 150 Å². The number of hydrogen-bond acceptors (Lipinski definition) is 10. The number of aliphatic carboxylic acids is 1. The number of aryl methyl sites for hydroxylation is 1. The smallest absolute Gasteiger partial charge is 0.313 e. The van der Waals surface area contributed by atoms with Gasteiger partial charge in [0, 0.05) is 34.6 Å². The monoisotopic (exact) mass is 556 g/mol. The molecule has 2 saturated heterocycles. The van der Waals surface area contributed by atoms with E-state index in [1.165, 1.54) is 51.9 Å². The predicted molar refractivity (Wildman–Crippen MR) is 134 cm³/mol. The maximum absolute atomic E-state index is 12.8. The van der Waals surface area contributed by atoms with Gasteiger partial charge in [0.1, 0.15) is 27.6 Å². The molecule has 0 saturated carbocycles. The molecule has 188 valence electrons. The van der Waals surface area contributed by atoms with Crippen LogP contribution in [0.15, 0.2) is 33.5 Å². The number of phenols is 1. The summed E-state index contributed by atoms with van der Waals surface area (Å²) in [6.07, 6.45) is -0.0361. The Labute approximate surface area is 216 Å². The maximum Gasteiger partial charge on any atom is 0.313 e. The minimum atomic E-state index is -1.45. The zero-order valence-corrected chi connectivity index (χ0v) is 22.1. The van der Waals surface area contributed by atoms with E-state index in [0.717, 1.165) is 5.01 Å². The van der Waals surface area contributed by atoms with E-state index in [-0.39, 0.29) is 41.7 Å². The van der Waals surface area contributed by atoms with Crippen molar-refractivity contribution in [1.82, 2.24) is 20.4 Å². The summed E-state index contributed by atoms with van der Waals surface area (Å²) < 4.78 is 13.3. The average Bonchev–Trinajstić information content (AvgIpc) is 3.26. The molecule has 4 unspecified atom stereocenters. The van der Waals surface area contributed by atoms with Crippen LogP contribution in [0.5, 0.6) is 5.75 Å². The molecule has 0 bridgehead atoms. The number of carboxylic acids is 1. The van der Waals surface area contributed by atoms with E-state index < -0.39 is 33.5 Å². The molecule has 10 nitrogen and oxygen atoms in total. The van der Waals surface area contributed by atoms with Gasteiger partial charge in [-0.15, -0.1) is 22.0 Å². The summed E-state index contributed by atoms with van der Waals surface area (Å²) in [5.41, 5.74) is -1.12. The van der Waals surface area contributed by atoms with Crippen molar-refractivity contribution < 1.29 is 28.8 Å². The Morgan fingerprint density at radius 3 is 2.69 bits per heavy atom. The Kier molecular flexibility index (Phi) is 7.74. The number of carbonyl (C=O) groups excluding carboxylic acids is 2. The number of aromatic hydroxyl groups is 1. The molecule has 1 aromatic heterocycles. The van der Waals surface area contributed by atoms with Gasteiger partial charge in [0.25, 0.3) is 0 Å². The number of carboxylic acid groups (broad SMARTS) is 1. The van der Waals surface area contributed by atoms with E-state index in [1.807, 2.05) is 6.92 Å². The van der Waals surface area contributed by atoms with Crippen LogP contribution >= 0.6 is 34.9 Å². The van der Waals surface area contributed by atoms with Gasteiger partial charge in [0.15, 0.2) is 4.34 Å². The highest BCUT2D eigenvalue weighted by atomic mass is 32.2. The number of thioether (sulfide) groups is 2. The van der Waals surface area contributed by atoms with Crippen molar-refractivity contribution in [2.24, 2.45) is 5.41 Å². The molecule has 0 aliphatic carbocycles. The number of fused-ring (bicyclic) bond motifs is 1. The number of carbonyl (C=O) groups is 3. The number of aromatic nitrogens is 2.